The highest BCUT2D eigenvalue weighted by molar-refractivity contribution is 5.43. The van der Waals surface area contributed by atoms with E-state index in [0.717, 1.165) is 50.9 Å². The second-order valence-electron chi connectivity index (χ2n) is 13.5. The molecule has 0 heterocycles. The molecule has 11 nitrogen and oxygen atoms in total. The van der Waals surface area contributed by atoms with Crippen LogP contribution in [0.2, 0.25) is 0 Å². The van der Waals surface area contributed by atoms with Crippen LogP contribution < -0.4 is 4.74 Å². The van der Waals surface area contributed by atoms with Crippen LogP contribution in [0.1, 0.15) is 61.1 Å². The summed E-state index contributed by atoms with van der Waals surface area (Å²) in [5, 5.41) is 24.6. The van der Waals surface area contributed by atoms with Crippen LogP contribution in [-0.2, 0) is 25.4 Å². The van der Waals surface area contributed by atoms with Crippen molar-refractivity contribution in [3.8, 4) is 11.5 Å². The van der Waals surface area contributed by atoms with Gasteiger partial charge in [0.25, 0.3) is 0 Å². The van der Waals surface area contributed by atoms with E-state index in [1.807, 2.05) is 12.1 Å². The van der Waals surface area contributed by atoms with E-state index in [0.29, 0.717) is 82.3 Å². The van der Waals surface area contributed by atoms with Crippen molar-refractivity contribution in [3.05, 3.63) is 69.6 Å². The summed E-state index contributed by atoms with van der Waals surface area (Å²) in [6.07, 6.45) is 4.87. The molecule has 2 fully saturated rings. The Kier molecular flexibility index (Phi) is 13.2. The van der Waals surface area contributed by atoms with Crippen LogP contribution in [0.15, 0.2) is 47.6 Å². The van der Waals surface area contributed by atoms with Gasteiger partial charge < -0.3 is 38.8 Å². The van der Waals surface area contributed by atoms with E-state index in [4.69, 9.17) is 29.2 Å². The molecule has 3 unspecified atom stereocenters. The van der Waals surface area contributed by atoms with Gasteiger partial charge in [-0.25, -0.2) is 0 Å². The van der Waals surface area contributed by atoms with Crippen LogP contribution in [0, 0.1) is 17.3 Å². The molecule has 0 bridgehead atoms. The molecule has 2 aromatic rings. The second-order valence-corrected chi connectivity index (χ2v) is 13.5. The van der Waals surface area contributed by atoms with Gasteiger partial charge in [-0.05, 0) is 115 Å². The quantitative estimate of drug-likeness (QED) is 0.0860. The van der Waals surface area contributed by atoms with Gasteiger partial charge in [-0.2, -0.15) is 0 Å². The molecule has 0 radical (unpaired) electrons. The predicted octanol–water partition coefficient (Wildman–Crippen LogP) is 5.65. The van der Waals surface area contributed by atoms with Crippen LogP contribution in [0.3, 0.4) is 0 Å². The monoisotopic (exact) mass is 652 g/mol. The minimum absolute atomic E-state index is 0.0171. The van der Waals surface area contributed by atoms with Crippen molar-refractivity contribution in [2.24, 2.45) is 22.4 Å². The summed E-state index contributed by atoms with van der Waals surface area (Å²) >= 11 is 0. The second kappa shape index (κ2) is 17.5. The Morgan fingerprint density at radius 1 is 0.894 bits per heavy atom. The number of fused-ring (bicyclic) bond motifs is 5. The molecule has 2 saturated carbocycles. The van der Waals surface area contributed by atoms with E-state index in [1.54, 1.807) is 0 Å². The SMILES string of the molecule is CN(CCOCCOCCOCCOCN=[N+]=[N-])CCOc1ccc([C@H]2C[C@@]3(C)C(CC[C@@H]3O)C3CCc4cc(O)ccc4C32)cc1. The van der Waals surface area contributed by atoms with Crippen molar-refractivity contribution >= 4 is 0 Å². The number of hydrogen-bond acceptors (Lipinski definition) is 9. The largest absolute Gasteiger partial charge is 0.508 e. The maximum absolute atomic E-state index is 11.1. The van der Waals surface area contributed by atoms with Crippen LogP contribution in [-0.4, -0.2) is 101 Å². The van der Waals surface area contributed by atoms with Gasteiger partial charge in [0, 0.05) is 18.0 Å². The van der Waals surface area contributed by atoms with Gasteiger partial charge in [-0.15, -0.1) is 0 Å². The van der Waals surface area contributed by atoms with Gasteiger partial charge >= 0.3 is 0 Å². The summed E-state index contributed by atoms with van der Waals surface area (Å²) in [5.41, 5.74) is 12.1. The number of aryl methyl sites for hydroxylation is 1. The third-order valence-corrected chi connectivity index (χ3v) is 10.7. The number of phenolic OH excluding ortho intramolecular Hbond substituents is 1. The highest BCUT2D eigenvalue weighted by atomic mass is 16.6. The van der Waals surface area contributed by atoms with Crippen molar-refractivity contribution in [1.82, 2.24) is 4.90 Å². The normalized spacial score (nSPS) is 26.3. The molecule has 2 N–H and O–H groups in total. The highest BCUT2D eigenvalue weighted by Crippen LogP contribution is 2.65. The number of aliphatic hydroxyl groups excluding tert-OH is 1. The molecule has 258 valence electrons. The number of nitrogens with zero attached hydrogens (tertiary/aromatic N) is 4. The number of benzene rings is 2. The van der Waals surface area contributed by atoms with Gasteiger partial charge in [0.05, 0.1) is 52.4 Å². The average Bonchev–Trinajstić information content (AvgIpc) is 3.38. The molecule has 0 aliphatic heterocycles. The third kappa shape index (κ3) is 9.18. The van der Waals surface area contributed by atoms with Crippen molar-refractivity contribution < 1.29 is 33.9 Å². The van der Waals surface area contributed by atoms with E-state index in [2.05, 4.69) is 59.2 Å². The molecule has 0 amide bonds. The number of rotatable bonds is 19. The van der Waals surface area contributed by atoms with Crippen LogP contribution in [0.4, 0.5) is 0 Å². The number of aliphatic hydroxyl groups is 1. The summed E-state index contributed by atoms with van der Waals surface area (Å²) in [6.45, 7) is 7.96. The zero-order chi connectivity index (χ0) is 33.1. The topological polar surface area (TPSA) is 139 Å². The number of azide groups is 1. The summed E-state index contributed by atoms with van der Waals surface area (Å²) < 4.78 is 27.7. The lowest BCUT2D eigenvalue weighted by Gasteiger charge is -2.54. The van der Waals surface area contributed by atoms with Crippen LogP contribution >= 0.6 is 0 Å². The van der Waals surface area contributed by atoms with E-state index in [9.17, 15) is 10.2 Å². The molecule has 0 aromatic heterocycles. The molecular formula is C36H52N4O7. The highest BCUT2D eigenvalue weighted by Gasteiger charge is 2.57. The lowest BCUT2D eigenvalue weighted by molar-refractivity contribution is -0.0323. The smallest absolute Gasteiger partial charge is 0.126 e. The molecule has 6 atom stereocenters. The molecule has 2 aromatic carbocycles. The zero-order valence-electron chi connectivity index (χ0n) is 28.0. The Hall–Kier alpha value is -2.89. The Morgan fingerprint density at radius 2 is 1.57 bits per heavy atom. The van der Waals surface area contributed by atoms with Crippen molar-refractivity contribution in [2.75, 3.05) is 79.7 Å². The van der Waals surface area contributed by atoms with Crippen LogP contribution in [0.5, 0.6) is 11.5 Å². The molecule has 5 rings (SSSR count). The molecule has 11 heteroatoms. The first-order valence-electron chi connectivity index (χ1n) is 17.1. The molecule has 3 aliphatic carbocycles. The van der Waals surface area contributed by atoms with Crippen molar-refractivity contribution in [1.29, 1.82) is 0 Å². The number of ether oxygens (including phenoxy) is 5. The molecule has 3 aliphatic rings. The first kappa shape index (κ1) is 35.4. The van der Waals surface area contributed by atoms with Gasteiger partial charge in [0.15, 0.2) is 0 Å². The number of likely N-dealkylation sites (N-methyl/N-ethyl adjacent to an activating group) is 1. The van der Waals surface area contributed by atoms with Gasteiger partial charge in [-0.3, -0.25) is 0 Å². The summed E-state index contributed by atoms with van der Waals surface area (Å²) in [4.78, 5) is 4.80. The standard InChI is InChI=1S/C36H52N4O7/c1-36-24-32(35-30-10-6-28(41)23-27(30)5-9-31(35)33(36)11-12-34(36)42)26-3-7-29(8-4-26)47-16-14-40(2)13-15-43-17-18-44-19-20-45-21-22-46-25-38-39-37/h3-4,6-8,10,23,31-35,41-42H,5,9,11-22,24-25H2,1-2H3/t31?,32-,33?,34+,35?,36+/m1/s1. The Labute approximate surface area is 278 Å². The Bertz CT molecular complexity index is 1310. The zero-order valence-corrected chi connectivity index (χ0v) is 28.0. The van der Waals surface area contributed by atoms with Gasteiger partial charge in [0.1, 0.15) is 24.8 Å². The minimum Gasteiger partial charge on any atom is -0.508 e. The third-order valence-electron chi connectivity index (χ3n) is 10.7. The number of aromatic hydroxyl groups is 1. The first-order chi connectivity index (χ1) is 22.9. The van der Waals surface area contributed by atoms with Gasteiger partial charge in [-0.1, -0.05) is 30.2 Å². The summed E-state index contributed by atoms with van der Waals surface area (Å²) in [5.74, 6) is 3.03. The Balaban J connectivity index is 1.02. The van der Waals surface area contributed by atoms with Gasteiger partial charge in [0.2, 0.25) is 0 Å². The average molecular weight is 653 g/mol. The van der Waals surface area contributed by atoms with Crippen LogP contribution in [0.25, 0.3) is 10.4 Å². The fourth-order valence-corrected chi connectivity index (χ4v) is 8.25. The lowest BCUT2D eigenvalue weighted by Crippen LogP contribution is -2.47. The number of phenols is 1. The first-order valence-corrected chi connectivity index (χ1v) is 17.1. The predicted molar refractivity (Wildman–Crippen MR) is 179 cm³/mol. The molecule has 0 spiro atoms. The number of hydrogen-bond donors (Lipinski definition) is 2. The fourth-order valence-electron chi connectivity index (χ4n) is 8.25. The molecule has 47 heavy (non-hydrogen) atoms. The molecule has 0 saturated heterocycles. The molecular weight excluding hydrogens is 600 g/mol. The van der Waals surface area contributed by atoms with Crippen molar-refractivity contribution in [3.63, 3.8) is 0 Å². The fraction of sp³-hybridized carbons (Fsp3) is 0.667. The minimum atomic E-state index is -0.240. The maximum atomic E-state index is 11.1. The summed E-state index contributed by atoms with van der Waals surface area (Å²) in [7, 11) is 2.06. The maximum Gasteiger partial charge on any atom is 0.126 e. The Morgan fingerprint density at radius 3 is 2.30 bits per heavy atom. The van der Waals surface area contributed by atoms with E-state index in [1.165, 1.54) is 16.7 Å². The van der Waals surface area contributed by atoms with E-state index < -0.39 is 0 Å². The van der Waals surface area contributed by atoms with Crippen molar-refractivity contribution in [2.45, 2.75) is 57.0 Å². The lowest BCUT2D eigenvalue weighted by atomic mass is 9.51. The van der Waals surface area contributed by atoms with E-state index >= 15 is 0 Å². The van der Waals surface area contributed by atoms with E-state index in [-0.39, 0.29) is 18.2 Å². The summed E-state index contributed by atoms with van der Waals surface area (Å²) in [6, 6.07) is 14.6.